The number of nitrogens with one attached hydrogen (secondary N) is 2. The molecular weight excluding hydrogens is 394 g/mol. The van der Waals surface area contributed by atoms with Crippen molar-refractivity contribution in [2.45, 2.75) is 6.42 Å². The third kappa shape index (κ3) is 5.10. The van der Waals surface area contributed by atoms with Crippen molar-refractivity contribution in [1.82, 2.24) is 15.4 Å². The summed E-state index contributed by atoms with van der Waals surface area (Å²) in [6.45, 7) is 0. The van der Waals surface area contributed by atoms with Gasteiger partial charge in [-0.3, -0.25) is 10.0 Å². The Morgan fingerprint density at radius 2 is 1.86 bits per heavy atom. The molecule has 0 bridgehead atoms. The number of halogens is 1. The number of esters is 1. The van der Waals surface area contributed by atoms with Crippen LogP contribution in [-0.4, -0.2) is 34.2 Å². The van der Waals surface area contributed by atoms with Gasteiger partial charge in [0.2, 0.25) is 0 Å². The van der Waals surface area contributed by atoms with E-state index in [2.05, 4.69) is 9.97 Å². The van der Waals surface area contributed by atoms with E-state index >= 15 is 0 Å². The van der Waals surface area contributed by atoms with Crippen LogP contribution in [0.1, 0.15) is 27.4 Å². The molecule has 1 aromatic heterocycles. The van der Waals surface area contributed by atoms with E-state index in [1.165, 1.54) is 18.7 Å². The van der Waals surface area contributed by atoms with Gasteiger partial charge in [0.25, 0.3) is 5.91 Å². The van der Waals surface area contributed by atoms with Gasteiger partial charge in [-0.25, -0.2) is 15.3 Å². The summed E-state index contributed by atoms with van der Waals surface area (Å²) in [5.41, 5.74) is 4.82. The maximum Gasteiger partial charge on any atom is 0.356 e. The lowest BCUT2D eigenvalue weighted by Gasteiger charge is -2.01. The van der Waals surface area contributed by atoms with E-state index in [1.54, 1.807) is 30.3 Å². The maximum absolute atomic E-state index is 12.2. The average Bonchev–Trinajstić information content (AvgIpc) is 3.16. The fourth-order valence-electron chi connectivity index (χ4n) is 2.72. The summed E-state index contributed by atoms with van der Waals surface area (Å²) < 4.78 is 4.86. The molecule has 0 saturated carbocycles. The first-order valence-corrected chi connectivity index (χ1v) is 9.02. The number of hydrogen-bond acceptors (Lipinski definition) is 5. The van der Waals surface area contributed by atoms with Crippen LogP contribution in [0.25, 0.3) is 17.3 Å². The Balaban J connectivity index is 1.84. The van der Waals surface area contributed by atoms with Gasteiger partial charge in [-0.05, 0) is 29.3 Å². The summed E-state index contributed by atoms with van der Waals surface area (Å²) in [4.78, 5) is 30.8. The minimum Gasteiger partial charge on any atom is -0.464 e. The molecule has 3 N–H and O–H groups in total. The number of aromatic amines is 1. The number of hydroxylamine groups is 1. The fourth-order valence-corrected chi connectivity index (χ4v) is 2.85. The summed E-state index contributed by atoms with van der Waals surface area (Å²) in [5.74, 6) is -0.496. The summed E-state index contributed by atoms with van der Waals surface area (Å²) in [6, 6.07) is 14.5. The first-order chi connectivity index (χ1) is 14.0. The predicted octanol–water partition coefficient (Wildman–Crippen LogP) is 3.63. The smallest absolute Gasteiger partial charge is 0.356 e. The highest BCUT2D eigenvalue weighted by molar-refractivity contribution is 6.30. The third-order valence-electron chi connectivity index (χ3n) is 4.15. The van der Waals surface area contributed by atoms with Crippen LogP contribution >= 0.6 is 11.6 Å². The number of carbonyl (C=O) groups is 2. The second-order valence-electron chi connectivity index (χ2n) is 6.13. The maximum atomic E-state index is 12.2. The lowest BCUT2D eigenvalue weighted by atomic mass is 10.1. The van der Waals surface area contributed by atoms with Crippen LogP contribution in [0.4, 0.5) is 0 Å². The van der Waals surface area contributed by atoms with Crippen molar-refractivity contribution in [3.63, 3.8) is 0 Å². The number of hydrogen-bond donors (Lipinski definition) is 3. The highest BCUT2D eigenvalue weighted by Gasteiger charge is 2.19. The molecule has 1 heterocycles. The molecule has 148 valence electrons. The number of ether oxygens (including phenoxy) is 1. The molecule has 0 saturated heterocycles. The van der Waals surface area contributed by atoms with Gasteiger partial charge < -0.3 is 9.72 Å². The average molecular weight is 412 g/mol. The number of imidazole rings is 1. The summed E-state index contributed by atoms with van der Waals surface area (Å²) in [6.07, 6.45) is 3.28. The zero-order valence-electron chi connectivity index (χ0n) is 15.5. The Kier molecular flexibility index (Phi) is 6.43. The largest absolute Gasteiger partial charge is 0.464 e. The summed E-state index contributed by atoms with van der Waals surface area (Å²) in [7, 11) is 1.32. The number of methoxy groups -OCH3 is 1. The summed E-state index contributed by atoms with van der Waals surface area (Å²) >= 11 is 5.94. The van der Waals surface area contributed by atoms with E-state index in [4.69, 9.17) is 21.5 Å². The molecule has 0 fully saturated rings. The molecule has 0 atom stereocenters. The Bertz CT molecular complexity index is 1040. The van der Waals surface area contributed by atoms with Crippen LogP contribution in [-0.2, 0) is 16.0 Å². The molecule has 0 unspecified atom stereocenters. The molecule has 3 aromatic rings. The number of rotatable bonds is 6. The van der Waals surface area contributed by atoms with E-state index in [1.807, 2.05) is 24.3 Å². The number of benzene rings is 2. The number of H-pyrrole nitrogens is 1. The van der Waals surface area contributed by atoms with Gasteiger partial charge >= 0.3 is 5.97 Å². The molecule has 1 amide bonds. The lowest BCUT2D eigenvalue weighted by molar-refractivity contribution is -0.124. The number of nitrogens with zero attached hydrogens (tertiary/aromatic N) is 1. The van der Waals surface area contributed by atoms with Crippen molar-refractivity contribution >= 4 is 29.6 Å². The number of aromatic nitrogens is 2. The van der Waals surface area contributed by atoms with Crippen molar-refractivity contribution in [2.75, 3.05) is 7.11 Å². The van der Waals surface area contributed by atoms with E-state index in [9.17, 15) is 9.59 Å². The zero-order chi connectivity index (χ0) is 20.8. The highest BCUT2D eigenvalue weighted by atomic mass is 35.5. The van der Waals surface area contributed by atoms with Crippen LogP contribution in [0.2, 0.25) is 5.02 Å². The molecule has 0 aliphatic carbocycles. The molecular formula is C21H18ClN3O4. The normalized spacial score (nSPS) is 10.9. The highest BCUT2D eigenvalue weighted by Crippen LogP contribution is 2.25. The van der Waals surface area contributed by atoms with E-state index in [0.29, 0.717) is 23.0 Å². The van der Waals surface area contributed by atoms with Gasteiger partial charge in [0.05, 0.1) is 7.11 Å². The second-order valence-corrected chi connectivity index (χ2v) is 6.57. The Labute approximate surface area is 172 Å². The second kappa shape index (κ2) is 9.18. The van der Waals surface area contributed by atoms with Crippen molar-refractivity contribution in [1.29, 1.82) is 0 Å². The van der Waals surface area contributed by atoms with E-state index < -0.39 is 11.9 Å². The Morgan fingerprint density at radius 3 is 2.48 bits per heavy atom. The summed E-state index contributed by atoms with van der Waals surface area (Å²) in [5, 5.41) is 9.09. The van der Waals surface area contributed by atoms with Crippen LogP contribution in [0.3, 0.4) is 0 Å². The monoisotopic (exact) mass is 411 g/mol. The molecule has 3 rings (SSSR count). The molecule has 0 aliphatic heterocycles. The molecule has 29 heavy (non-hydrogen) atoms. The van der Waals surface area contributed by atoms with Crippen molar-refractivity contribution in [3.05, 3.63) is 82.3 Å². The van der Waals surface area contributed by atoms with Crippen LogP contribution in [0.5, 0.6) is 0 Å². The predicted molar refractivity (Wildman–Crippen MR) is 109 cm³/mol. The van der Waals surface area contributed by atoms with Gasteiger partial charge in [-0.1, -0.05) is 48.0 Å². The van der Waals surface area contributed by atoms with E-state index in [0.717, 1.165) is 16.7 Å². The Hall–Kier alpha value is -3.42. The first kappa shape index (κ1) is 20.3. The molecule has 7 nitrogen and oxygen atoms in total. The standard InChI is InChI=1S/C21H18ClN3O4/c1-29-21(27)20-19(15-7-9-16(22)10-8-15)23-17(24-20)12-14-4-2-13(3-5-14)6-11-18(26)25-28/h2-11,28H,12H2,1H3,(H,23,24)(H,25,26). The van der Waals surface area contributed by atoms with Gasteiger partial charge in [-0.15, -0.1) is 0 Å². The van der Waals surface area contributed by atoms with Gasteiger partial charge in [-0.2, -0.15) is 0 Å². The SMILES string of the molecule is COC(=O)c1[nH]c(Cc2ccc(C=CC(=O)NO)cc2)nc1-c1ccc(Cl)cc1. The number of amides is 1. The minimum atomic E-state index is -0.602. The van der Waals surface area contributed by atoms with Gasteiger partial charge in [0.15, 0.2) is 5.69 Å². The molecule has 8 heteroatoms. The number of carbonyl (C=O) groups excluding carboxylic acids is 2. The molecule has 0 spiro atoms. The van der Waals surface area contributed by atoms with Crippen LogP contribution < -0.4 is 5.48 Å². The zero-order valence-corrected chi connectivity index (χ0v) is 16.2. The Morgan fingerprint density at radius 1 is 1.17 bits per heavy atom. The first-order valence-electron chi connectivity index (χ1n) is 8.64. The van der Waals surface area contributed by atoms with Crippen LogP contribution in [0, 0.1) is 0 Å². The fraction of sp³-hybridized carbons (Fsp3) is 0.0952. The molecule has 0 radical (unpaired) electrons. The van der Waals surface area contributed by atoms with Crippen molar-refractivity contribution in [2.24, 2.45) is 0 Å². The molecule has 0 aliphatic rings. The van der Waals surface area contributed by atoms with Gasteiger partial charge in [0.1, 0.15) is 11.5 Å². The van der Waals surface area contributed by atoms with Crippen LogP contribution in [0.15, 0.2) is 54.6 Å². The third-order valence-corrected chi connectivity index (χ3v) is 4.40. The quantitative estimate of drug-likeness (QED) is 0.249. The minimum absolute atomic E-state index is 0.277. The van der Waals surface area contributed by atoms with Gasteiger partial charge in [0, 0.05) is 23.1 Å². The van der Waals surface area contributed by atoms with Crippen molar-refractivity contribution in [3.8, 4) is 11.3 Å². The van der Waals surface area contributed by atoms with Crippen molar-refractivity contribution < 1.29 is 19.5 Å². The lowest BCUT2D eigenvalue weighted by Crippen LogP contribution is -2.14. The molecule has 2 aromatic carbocycles. The van der Waals surface area contributed by atoms with E-state index in [-0.39, 0.29) is 5.69 Å². The topological polar surface area (TPSA) is 104 Å².